The van der Waals surface area contributed by atoms with Gasteiger partial charge in [0.05, 0.1) is 6.61 Å². The highest BCUT2D eigenvalue weighted by atomic mass is 35.5. The summed E-state index contributed by atoms with van der Waals surface area (Å²) in [5.41, 5.74) is 4.28. The molecule has 1 saturated heterocycles. The summed E-state index contributed by atoms with van der Waals surface area (Å²) >= 11 is 0. The number of hydrogen-bond acceptors (Lipinski definition) is 3. The lowest BCUT2D eigenvalue weighted by molar-refractivity contribution is -0.128. The fraction of sp³-hybridized carbons (Fsp3) is 0.500. The van der Waals surface area contributed by atoms with Gasteiger partial charge in [-0.1, -0.05) is 17.7 Å². The summed E-state index contributed by atoms with van der Waals surface area (Å²) in [5.74, 6) is -0.0720. The van der Waals surface area contributed by atoms with Gasteiger partial charge in [-0.15, -0.1) is 12.4 Å². The molecule has 0 radical (unpaired) electrons. The van der Waals surface area contributed by atoms with Gasteiger partial charge < -0.3 is 15.4 Å². The maximum absolute atomic E-state index is 12.1. The lowest BCUT2D eigenvalue weighted by Gasteiger charge is -2.23. The number of carbonyl (C=O) groups is 1. The van der Waals surface area contributed by atoms with E-state index in [-0.39, 0.29) is 24.4 Å². The Morgan fingerprint density at radius 2 is 1.95 bits per heavy atom. The zero-order chi connectivity index (χ0) is 13.1. The predicted octanol–water partition coefficient (Wildman–Crippen LogP) is 1.96. The second kappa shape index (κ2) is 6.89. The molecule has 5 heteroatoms. The zero-order valence-electron chi connectivity index (χ0n) is 11.6. The van der Waals surface area contributed by atoms with E-state index in [1.165, 1.54) is 5.56 Å². The van der Waals surface area contributed by atoms with Gasteiger partial charge in [0.1, 0.15) is 6.10 Å². The normalized spacial score (nSPS) is 18.6. The largest absolute Gasteiger partial charge is 0.366 e. The molecule has 1 atom stereocenters. The third kappa shape index (κ3) is 3.93. The molecule has 0 saturated carbocycles. The minimum absolute atomic E-state index is 0. The predicted molar refractivity (Wildman–Crippen MR) is 79.1 cm³/mol. The third-order valence-corrected chi connectivity index (χ3v) is 3.15. The fourth-order valence-corrected chi connectivity index (χ4v) is 2.31. The molecule has 1 aromatic carbocycles. The molecule has 106 valence electrons. The van der Waals surface area contributed by atoms with Crippen molar-refractivity contribution in [3.63, 3.8) is 0 Å². The average molecular weight is 285 g/mol. The molecule has 1 aliphatic heterocycles. The number of hydrogen-bond donors (Lipinski definition) is 2. The molecular weight excluding hydrogens is 264 g/mol. The smallest absolute Gasteiger partial charge is 0.254 e. The molecule has 1 amide bonds. The van der Waals surface area contributed by atoms with Gasteiger partial charge in [0.15, 0.2) is 0 Å². The van der Waals surface area contributed by atoms with E-state index >= 15 is 0 Å². The Bertz CT molecular complexity index is 434. The van der Waals surface area contributed by atoms with Crippen molar-refractivity contribution >= 4 is 24.0 Å². The first-order valence-corrected chi connectivity index (χ1v) is 6.29. The van der Waals surface area contributed by atoms with E-state index in [9.17, 15) is 4.79 Å². The molecule has 1 aliphatic rings. The van der Waals surface area contributed by atoms with Crippen molar-refractivity contribution in [2.45, 2.75) is 26.9 Å². The average Bonchev–Trinajstić information content (AvgIpc) is 2.34. The maximum atomic E-state index is 12.1. The number of ether oxygens (including phenoxy) is 1. The van der Waals surface area contributed by atoms with Crippen LogP contribution in [0.25, 0.3) is 0 Å². The van der Waals surface area contributed by atoms with Crippen molar-refractivity contribution in [2.75, 3.05) is 25.0 Å². The molecule has 0 aromatic heterocycles. The molecule has 4 nitrogen and oxygen atoms in total. The van der Waals surface area contributed by atoms with Crippen molar-refractivity contribution < 1.29 is 9.53 Å². The second-order valence-corrected chi connectivity index (χ2v) is 4.83. The molecule has 1 heterocycles. The first-order chi connectivity index (χ1) is 8.58. The standard InChI is InChI=1S/C14H20N2O2.ClH/c1-9-6-10(2)13(11(3)7-9)16-14(17)12-8-15-4-5-18-12;/h6-7,12,15H,4-5,8H2,1-3H3,(H,16,17);1H. The molecule has 1 aromatic rings. The quantitative estimate of drug-likeness (QED) is 0.873. The highest BCUT2D eigenvalue weighted by Gasteiger charge is 2.22. The van der Waals surface area contributed by atoms with Crippen LogP contribution in [0, 0.1) is 20.8 Å². The van der Waals surface area contributed by atoms with E-state index in [1.54, 1.807) is 0 Å². The fourth-order valence-electron chi connectivity index (χ4n) is 2.31. The number of benzene rings is 1. The van der Waals surface area contributed by atoms with E-state index in [2.05, 4.69) is 29.7 Å². The Balaban J connectivity index is 0.00000180. The first kappa shape index (κ1) is 16.0. The van der Waals surface area contributed by atoms with Gasteiger partial charge in [-0.25, -0.2) is 0 Å². The second-order valence-electron chi connectivity index (χ2n) is 4.83. The van der Waals surface area contributed by atoms with Crippen LogP contribution < -0.4 is 10.6 Å². The van der Waals surface area contributed by atoms with Crippen molar-refractivity contribution in [1.29, 1.82) is 0 Å². The third-order valence-electron chi connectivity index (χ3n) is 3.15. The zero-order valence-corrected chi connectivity index (χ0v) is 12.4. The van der Waals surface area contributed by atoms with E-state index in [0.717, 1.165) is 23.4 Å². The lowest BCUT2D eigenvalue weighted by Crippen LogP contribution is -2.45. The topological polar surface area (TPSA) is 50.4 Å². The summed E-state index contributed by atoms with van der Waals surface area (Å²) in [6.07, 6.45) is -0.390. The SMILES string of the molecule is Cc1cc(C)c(NC(=O)C2CNCCO2)c(C)c1.Cl. The van der Waals surface area contributed by atoms with Gasteiger partial charge in [-0.3, -0.25) is 4.79 Å². The number of carbonyl (C=O) groups excluding carboxylic acids is 1. The van der Waals surface area contributed by atoms with Crippen LogP contribution in [0.4, 0.5) is 5.69 Å². The summed E-state index contributed by atoms with van der Waals surface area (Å²) in [4.78, 5) is 12.1. The molecular formula is C14H21ClN2O2. The van der Waals surface area contributed by atoms with Crippen LogP contribution in [0.15, 0.2) is 12.1 Å². The minimum Gasteiger partial charge on any atom is -0.366 e. The Morgan fingerprint density at radius 1 is 1.32 bits per heavy atom. The summed E-state index contributed by atoms with van der Waals surface area (Å²) in [7, 11) is 0. The van der Waals surface area contributed by atoms with Crippen LogP contribution in [0.1, 0.15) is 16.7 Å². The van der Waals surface area contributed by atoms with Crippen LogP contribution >= 0.6 is 12.4 Å². The van der Waals surface area contributed by atoms with Crippen molar-refractivity contribution in [1.82, 2.24) is 5.32 Å². The van der Waals surface area contributed by atoms with Gasteiger partial charge >= 0.3 is 0 Å². The molecule has 0 spiro atoms. The summed E-state index contributed by atoms with van der Waals surface area (Å²) < 4.78 is 5.44. The van der Waals surface area contributed by atoms with Crippen LogP contribution in [0.3, 0.4) is 0 Å². The number of morpholine rings is 1. The van der Waals surface area contributed by atoms with Crippen molar-refractivity contribution in [3.05, 3.63) is 28.8 Å². The van der Waals surface area contributed by atoms with Gasteiger partial charge in [0.25, 0.3) is 5.91 Å². The van der Waals surface area contributed by atoms with Crippen LogP contribution in [-0.4, -0.2) is 31.7 Å². The van der Waals surface area contributed by atoms with E-state index in [0.29, 0.717) is 13.2 Å². The van der Waals surface area contributed by atoms with E-state index in [1.807, 2.05) is 13.8 Å². The van der Waals surface area contributed by atoms with Gasteiger partial charge in [-0.05, 0) is 31.9 Å². The van der Waals surface area contributed by atoms with Crippen LogP contribution in [0.5, 0.6) is 0 Å². The van der Waals surface area contributed by atoms with E-state index in [4.69, 9.17) is 4.74 Å². The van der Waals surface area contributed by atoms with Crippen molar-refractivity contribution in [3.8, 4) is 0 Å². The Hall–Kier alpha value is -1.10. The highest BCUT2D eigenvalue weighted by molar-refractivity contribution is 5.95. The lowest BCUT2D eigenvalue weighted by atomic mass is 10.0. The Labute approximate surface area is 120 Å². The summed E-state index contributed by atoms with van der Waals surface area (Å²) in [6.45, 7) is 8.05. The minimum atomic E-state index is -0.390. The van der Waals surface area contributed by atoms with Crippen LogP contribution in [0.2, 0.25) is 0 Å². The Kier molecular flexibility index (Phi) is 5.79. The summed E-state index contributed by atoms with van der Waals surface area (Å²) in [5, 5.41) is 6.13. The number of halogens is 1. The number of anilines is 1. The number of amides is 1. The maximum Gasteiger partial charge on any atom is 0.254 e. The molecule has 0 bridgehead atoms. The van der Waals surface area contributed by atoms with E-state index < -0.39 is 0 Å². The number of rotatable bonds is 2. The first-order valence-electron chi connectivity index (χ1n) is 6.29. The van der Waals surface area contributed by atoms with Crippen LogP contribution in [-0.2, 0) is 9.53 Å². The molecule has 0 aliphatic carbocycles. The molecule has 1 unspecified atom stereocenters. The monoisotopic (exact) mass is 284 g/mol. The van der Waals surface area contributed by atoms with Crippen molar-refractivity contribution in [2.24, 2.45) is 0 Å². The highest BCUT2D eigenvalue weighted by Crippen LogP contribution is 2.22. The summed E-state index contributed by atoms with van der Waals surface area (Å²) in [6, 6.07) is 4.14. The molecule has 19 heavy (non-hydrogen) atoms. The number of aryl methyl sites for hydroxylation is 3. The molecule has 2 N–H and O–H groups in total. The Morgan fingerprint density at radius 3 is 2.47 bits per heavy atom. The molecule has 2 rings (SSSR count). The molecule has 1 fully saturated rings. The van der Waals surface area contributed by atoms with Gasteiger partial charge in [0, 0.05) is 18.8 Å². The number of nitrogens with one attached hydrogen (secondary N) is 2. The van der Waals surface area contributed by atoms with Gasteiger partial charge in [0.2, 0.25) is 0 Å². The van der Waals surface area contributed by atoms with Gasteiger partial charge in [-0.2, -0.15) is 0 Å².